The molecule has 1 aromatic rings. The quantitative estimate of drug-likeness (QED) is 0.801. The SMILES string of the molecule is CN(C)CCNc1cc(N2CCCC(N)C2)ncn1. The fourth-order valence-electron chi connectivity index (χ4n) is 2.24. The molecule has 0 aliphatic carbocycles. The molecule has 1 saturated heterocycles. The third kappa shape index (κ3) is 4.33. The van der Waals surface area contributed by atoms with Crippen LogP contribution in [0.25, 0.3) is 0 Å². The molecule has 19 heavy (non-hydrogen) atoms. The van der Waals surface area contributed by atoms with Crippen LogP contribution in [-0.4, -0.2) is 61.2 Å². The van der Waals surface area contributed by atoms with Gasteiger partial charge in [-0.1, -0.05) is 0 Å². The highest BCUT2D eigenvalue weighted by Crippen LogP contribution is 2.18. The van der Waals surface area contributed by atoms with E-state index in [-0.39, 0.29) is 6.04 Å². The zero-order valence-corrected chi connectivity index (χ0v) is 11.8. The van der Waals surface area contributed by atoms with Gasteiger partial charge in [-0.2, -0.15) is 0 Å². The molecule has 1 unspecified atom stereocenters. The molecular weight excluding hydrogens is 240 g/mol. The van der Waals surface area contributed by atoms with E-state index in [0.29, 0.717) is 0 Å². The van der Waals surface area contributed by atoms with Gasteiger partial charge in [-0.15, -0.1) is 0 Å². The molecule has 0 bridgehead atoms. The monoisotopic (exact) mass is 264 g/mol. The molecule has 106 valence electrons. The van der Waals surface area contributed by atoms with Gasteiger partial charge in [-0.25, -0.2) is 9.97 Å². The summed E-state index contributed by atoms with van der Waals surface area (Å²) in [6.45, 7) is 3.77. The van der Waals surface area contributed by atoms with Crippen LogP contribution >= 0.6 is 0 Å². The minimum Gasteiger partial charge on any atom is -0.369 e. The molecule has 1 fully saturated rings. The number of likely N-dealkylation sites (N-methyl/N-ethyl adjacent to an activating group) is 1. The van der Waals surface area contributed by atoms with Gasteiger partial charge in [-0.3, -0.25) is 0 Å². The summed E-state index contributed by atoms with van der Waals surface area (Å²) in [5.74, 6) is 1.85. The van der Waals surface area contributed by atoms with E-state index in [2.05, 4.69) is 39.2 Å². The molecule has 0 radical (unpaired) electrons. The first-order chi connectivity index (χ1) is 9.15. The van der Waals surface area contributed by atoms with E-state index >= 15 is 0 Å². The Labute approximate surface area is 115 Å². The van der Waals surface area contributed by atoms with Crippen LogP contribution in [0.5, 0.6) is 0 Å². The van der Waals surface area contributed by atoms with Crippen LogP contribution in [0.2, 0.25) is 0 Å². The summed E-state index contributed by atoms with van der Waals surface area (Å²) in [7, 11) is 4.12. The minimum absolute atomic E-state index is 0.258. The van der Waals surface area contributed by atoms with E-state index in [1.54, 1.807) is 6.33 Å². The fraction of sp³-hybridized carbons (Fsp3) is 0.692. The van der Waals surface area contributed by atoms with Crippen molar-refractivity contribution in [3.63, 3.8) is 0 Å². The van der Waals surface area contributed by atoms with Crippen LogP contribution in [0.15, 0.2) is 12.4 Å². The topological polar surface area (TPSA) is 70.3 Å². The van der Waals surface area contributed by atoms with Crippen LogP contribution in [-0.2, 0) is 0 Å². The lowest BCUT2D eigenvalue weighted by molar-refractivity contribution is 0.425. The number of nitrogens with two attached hydrogens (primary N) is 1. The molecule has 3 N–H and O–H groups in total. The van der Waals surface area contributed by atoms with Crippen LogP contribution in [0.4, 0.5) is 11.6 Å². The number of nitrogens with zero attached hydrogens (tertiary/aromatic N) is 4. The molecule has 1 aliphatic heterocycles. The van der Waals surface area contributed by atoms with Crippen molar-refractivity contribution in [2.45, 2.75) is 18.9 Å². The number of anilines is 2. The van der Waals surface area contributed by atoms with Gasteiger partial charge in [0, 0.05) is 38.3 Å². The molecule has 6 heteroatoms. The lowest BCUT2D eigenvalue weighted by Gasteiger charge is -2.31. The van der Waals surface area contributed by atoms with Gasteiger partial charge < -0.3 is 20.9 Å². The van der Waals surface area contributed by atoms with E-state index in [0.717, 1.165) is 50.7 Å². The number of rotatable bonds is 5. The van der Waals surface area contributed by atoms with E-state index in [1.807, 2.05) is 6.07 Å². The van der Waals surface area contributed by atoms with Crippen molar-refractivity contribution in [2.24, 2.45) is 5.73 Å². The summed E-state index contributed by atoms with van der Waals surface area (Å²) in [5, 5.41) is 3.32. The Morgan fingerprint density at radius 3 is 3.05 bits per heavy atom. The van der Waals surface area contributed by atoms with Crippen molar-refractivity contribution < 1.29 is 0 Å². The molecule has 1 aliphatic rings. The molecule has 1 aromatic heterocycles. The third-order valence-corrected chi connectivity index (χ3v) is 3.30. The number of piperidine rings is 1. The maximum atomic E-state index is 6.01. The Balaban J connectivity index is 1.94. The van der Waals surface area contributed by atoms with Crippen LogP contribution < -0.4 is 16.0 Å². The molecule has 6 nitrogen and oxygen atoms in total. The molecule has 0 aromatic carbocycles. The summed E-state index contributed by atoms with van der Waals surface area (Å²) in [5.41, 5.74) is 6.01. The molecule has 2 rings (SSSR count). The summed E-state index contributed by atoms with van der Waals surface area (Å²) >= 11 is 0. The Hall–Kier alpha value is -1.40. The second-order valence-electron chi connectivity index (χ2n) is 5.34. The average molecular weight is 264 g/mol. The zero-order chi connectivity index (χ0) is 13.7. The number of aromatic nitrogens is 2. The smallest absolute Gasteiger partial charge is 0.134 e. The maximum absolute atomic E-state index is 6.01. The molecule has 2 heterocycles. The highest BCUT2D eigenvalue weighted by atomic mass is 15.2. The van der Waals surface area contributed by atoms with Gasteiger partial charge in [-0.05, 0) is 26.9 Å². The Kier molecular flexibility index (Phi) is 4.93. The number of nitrogens with one attached hydrogen (secondary N) is 1. The van der Waals surface area contributed by atoms with Gasteiger partial charge in [0.15, 0.2) is 0 Å². The van der Waals surface area contributed by atoms with E-state index < -0.39 is 0 Å². The molecule has 0 saturated carbocycles. The number of hydrogen-bond donors (Lipinski definition) is 2. The second kappa shape index (κ2) is 6.68. The molecule has 0 spiro atoms. The van der Waals surface area contributed by atoms with Gasteiger partial charge in [0.2, 0.25) is 0 Å². The normalized spacial score (nSPS) is 19.8. The molecule has 1 atom stereocenters. The largest absolute Gasteiger partial charge is 0.369 e. The predicted octanol–water partition coefficient (Wildman–Crippen LogP) is 0.378. The third-order valence-electron chi connectivity index (χ3n) is 3.30. The Morgan fingerprint density at radius 2 is 2.32 bits per heavy atom. The first kappa shape index (κ1) is 14.0. The van der Waals surface area contributed by atoms with Crippen molar-refractivity contribution in [3.05, 3.63) is 12.4 Å². The first-order valence-corrected chi connectivity index (χ1v) is 6.86. The van der Waals surface area contributed by atoms with Gasteiger partial charge in [0.05, 0.1) is 0 Å². The van der Waals surface area contributed by atoms with E-state index in [4.69, 9.17) is 5.73 Å². The zero-order valence-electron chi connectivity index (χ0n) is 11.8. The van der Waals surface area contributed by atoms with Crippen LogP contribution in [0, 0.1) is 0 Å². The summed E-state index contributed by atoms with van der Waals surface area (Å²) < 4.78 is 0. The summed E-state index contributed by atoms with van der Waals surface area (Å²) in [6, 6.07) is 2.27. The van der Waals surface area contributed by atoms with Crippen molar-refractivity contribution in [1.82, 2.24) is 14.9 Å². The Bertz CT molecular complexity index is 394. The van der Waals surface area contributed by atoms with E-state index in [9.17, 15) is 0 Å². The van der Waals surface area contributed by atoms with Crippen LogP contribution in [0.3, 0.4) is 0 Å². The van der Waals surface area contributed by atoms with Gasteiger partial charge >= 0.3 is 0 Å². The summed E-state index contributed by atoms with van der Waals surface area (Å²) in [6.07, 6.45) is 3.86. The average Bonchev–Trinajstić information content (AvgIpc) is 2.39. The van der Waals surface area contributed by atoms with Crippen molar-refractivity contribution >= 4 is 11.6 Å². The van der Waals surface area contributed by atoms with Gasteiger partial charge in [0.25, 0.3) is 0 Å². The minimum atomic E-state index is 0.258. The maximum Gasteiger partial charge on any atom is 0.134 e. The lowest BCUT2D eigenvalue weighted by atomic mass is 10.1. The van der Waals surface area contributed by atoms with Crippen LogP contribution in [0.1, 0.15) is 12.8 Å². The van der Waals surface area contributed by atoms with Crippen molar-refractivity contribution in [1.29, 1.82) is 0 Å². The Morgan fingerprint density at radius 1 is 1.47 bits per heavy atom. The van der Waals surface area contributed by atoms with Crippen molar-refractivity contribution in [3.8, 4) is 0 Å². The van der Waals surface area contributed by atoms with E-state index in [1.165, 1.54) is 0 Å². The highest BCUT2D eigenvalue weighted by Gasteiger charge is 2.18. The predicted molar refractivity (Wildman–Crippen MR) is 78.5 cm³/mol. The molecule has 0 amide bonds. The standard InChI is InChI=1S/C13H24N6/c1-18(2)7-5-15-12-8-13(17-10-16-12)19-6-3-4-11(14)9-19/h8,10-11H,3-7,9,14H2,1-2H3,(H,15,16,17). The van der Waals surface area contributed by atoms with Crippen molar-refractivity contribution in [2.75, 3.05) is 50.5 Å². The summed E-state index contributed by atoms with van der Waals surface area (Å²) in [4.78, 5) is 13.0. The fourth-order valence-corrected chi connectivity index (χ4v) is 2.24. The number of hydrogen-bond acceptors (Lipinski definition) is 6. The van der Waals surface area contributed by atoms with Gasteiger partial charge in [0.1, 0.15) is 18.0 Å². The first-order valence-electron chi connectivity index (χ1n) is 6.86. The second-order valence-corrected chi connectivity index (χ2v) is 5.34. The molecular formula is C13H24N6. The highest BCUT2D eigenvalue weighted by molar-refractivity contribution is 5.48. The lowest BCUT2D eigenvalue weighted by Crippen LogP contribution is -2.43.